The van der Waals surface area contributed by atoms with Crippen molar-refractivity contribution in [3.8, 4) is 5.75 Å². The van der Waals surface area contributed by atoms with Gasteiger partial charge in [0.05, 0.1) is 5.92 Å². The monoisotopic (exact) mass is 221 g/mol. The summed E-state index contributed by atoms with van der Waals surface area (Å²) in [7, 11) is 0. The highest BCUT2D eigenvalue weighted by Crippen LogP contribution is 2.26. The second-order valence-electron chi connectivity index (χ2n) is 3.92. The zero-order valence-corrected chi connectivity index (χ0v) is 9.08. The number of nitrogens with one attached hydrogen (secondary N) is 1. The molecule has 0 atom stereocenters. The van der Waals surface area contributed by atoms with E-state index < -0.39 is 0 Å². The number of esters is 1. The Morgan fingerprint density at radius 1 is 1.44 bits per heavy atom. The smallest absolute Gasteiger partial charge is 0.313 e. The molecule has 0 saturated heterocycles. The van der Waals surface area contributed by atoms with Crippen molar-refractivity contribution in [1.29, 1.82) is 0 Å². The molecular formula is C12H12FNO2. The molecular weight excluding hydrogens is 209 g/mol. The molecule has 84 valence electrons. The molecule has 4 heteroatoms. The third-order valence-corrected chi connectivity index (χ3v) is 2.29. The van der Waals surface area contributed by atoms with Gasteiger partial charge in [-0.3, -0.25) is 4.79 Å². The van der Waals surface area contributed by atoms with Crippen LogP contribution in [0, 0.1) is 11.7 Å². The first-order valence-corrected chi connectivity index (χ1v) is 5.06. The minimum Gasteiger partial charge on any atom is -0.424 e. The van der Waals surface area contributed by atoms with E-state index >= 15 is 0 Å². The zero-order chi connectivity index (χ0) is 11.7. The largest absolute Gasteiger partial charge is 0.424 e. The number of hydrogen-bond donors (Lipinski definition) is 1. The highest BCUT2D eigenvalue weighted by Gasteiger charge is 2.13. The number of fused-ring (bicyclic) bond motifs is 1. The number of carbonyl (C=O) groups excluding carboxylic acids is 1. The summed E-state index contributed by atoms with van der Waals surface area (Å²) in [6.45, 7) is 3.50. The summed E-state index contributed by atoms with van der Waals surface area (Å²) in [5.74, 6) is -0.522. The van der Waals surface area contributed by atoms with Crippen LogP contribution in [0.1, 0.15) is 13.8 Å². The van der Waals surface area contributed by atoms with E-state index in [0.29, 0.717) is 11.1 Å². The summed E-state index contributed by atoms with van der Waals surface area (Å²) in [5, 5.41) is 0.578. The van der Waals surface area contributed by atoms with Crippen molar-refractivity contribution in [1.82, 2.24) is 4.98 Å². The summed E-state index contributed by atoms with van der Waals surface area (Å²) < 4.78 is 18.2. The fourth-order valence-corrected chi connectivity index (χ4v) is 1.38. The summed E-state index contributed by atoms with van der Waals surface area (Å²) in [4.78, 5) is 14.3. The molecule has 3 nitrogen and oxygen atoms in total. The Labute approximate surface area is 92.2 Å². The maximum absolute atomic E-state index is 13.0. The van der Waals surface area contributed by atoms with Gasteiger partial charge in [0.25, 0.3) is 0 Å². The van der Waals surface area contributed by atoms with Crippen molar-refractivity contribution in [2.45, 2.75) is 13.8 Å². The maximum atomic E-state index is 13.0. The summed E-state index contributed by atoms with van der Waals surface area (Å²) in [6.07, 6.45) is 1.56. The fraction of sp³-hybridized carbons (Fsp3) is 0.250. The van der Waals surface area contributed by atoms with Gasteiger partial charge in [0.15, 0.2) is 5.75 Å². The number of carbonyl (C=O) groups is 1. The van der Waals surface area contributed by atoms with Gasteiger partial charge >= 0.3 is 5.97 Å². The van der Waals surface area contributed by atoms with Crippen molar-refractivity contribution in [3.05, 3.63) is 30.2 Å². The van der Waals surface area contributed by atoms with Crippen molar-refractivity contribution < 1.29 is 13.9 Å². The van der Waals surface area contributed by atoms with Crippen LogP contribution in [-0.2, 0) is 4.79 Å². The maximum Gasteiger partial charge on any atom is 0.313 e. The van der Waals surface area contributed by atoms with Crippen LogP contribution in [0.25, 0.3) is 10.9 Å². The molecule has 0 aliphatic heterocycles. The Morgan fingerprint density at radius 2 is 2.19 bits per heavy atom. The molecule has 0 saturated carbocycles. The van der Waals surface area contributed by atoms with Crippen LogP contribution in [0.5, 0.6) is 5.75 Å². The number of hydrogen-bond acceptors (Lipinski definition) is 2. The van der Waals surface area contributed by atoms with Gasteiger partial charge in [0.1, 0.15) is 5.82 Å². The van der Waals surface area contributed by atoms with E-state index in [4.69, 9.17) is 4.74 Å². The lowest BCUT2D eigenvalue weighted by molar-refractivity contribution is -0.137. The first-order valence-electron chi connectivity index (χ1n) is 5.06. The summed E-state index contributed by atoms with van der Waals surface area (Å²) in [6, 6.07) is 4.30. The third kappa shape index (κ3) is 1.91. The predicted octanol–water partition coefficient (Wildman–Crippen LogP) is 2.87. The lowest BCUT2D eigenvalue weighted by atomic mass is 10.2. The van der Waals surface area contributed by atoms with Crippen LogP contribution in [-0.4, -0.2) is 11.0 Å². The molecule has 0 radical (unpaired) electrons. The molecule has 16 heavy (non-hydrogen) atoms. The van der Waals surface area contributed by atoms with Crippen LogP contribution in [0.4, 0.5) is 4.39 Å². The second kappa shape index (κ2) is 3.96. The molecule has 0 spiro atoms. The Bertz CT molecular complexity index is 531. The van der Waals surface area contributed by atoms with Gasteiger partial charge in [-0.05, 0) is 18.2 Å². The van der Waals surface area contributed by atoms with Crippen LogP contribution >= 0.6 is 0 Å². The van der Waals surface area contributed by atoms with E-state index in [9.17, 15) is 9.18 Å². The number of ether oxygens (including phenoxy) is 1. The lowest BCUT2D eigenvalue weighted by Crippen LogP contribution is -2.14. The van der Waals surface area contributed by atoms with Gasteiger partial charge in [-0.15, -0.1) is 0 Å². The summed E-state index contributed by atoms with van der Waals surface area (Å²) in [5.41, 5.74) is 0.743. The normalized spacial score (nSPS) is 11.0. The van der Waals surface area contributed by atoms with E-state index in [1.54, 1.807) is 26.1 Å². The third-order valence-electron chi connectivity index (χ3n) is 2.29. The van der Waals surface area contributed by atoms with Gasteiger partial charge in [-0.1, -0.05) is 13.8 Å². The minimum absolute atomic E-state index is 0.210. The van der Waals surface area contributed by atoms with E-state index in [1.165, 1.54) is 12.1 Å². The first kappa shape index (κ1) is 10.7. The van der Waals surface area contributed by atoms with Gasteiger partial charge < -0.3 is 9.72 Å². The number of aromatic amines is 1. The molecule has 0 bridgehead atoms. The Kier molecular flexibility index (Phi) is 2.64. The number of rotatable bonds is 2. The first-order chi connectivity index (χ1) is 7.58. The number of aromatic nitrogens is 1. The molecule has 0 amide bonds. The van der Waals surface area contributed by atoms with Crippen LogP contribution in [0.3, 0.4) is 0 Å². The minimum atomic E-state index is -0.353. The van der Waals surface area contributed by atoms with E-state index in [1.807, 2.05) is 0 Å². The van der Waals surface area contributed by atoms with Gasteiger partial charge in [0.2, 0.25) is 0 Å². The average molecular weight is 221 g/mol. The number of benzene rings is 1. The fourth-order valence-electron chi connectivity index (χ4n) is 1.38. The quantitative estimate of drug-likeness (QED) is 0.792. The average Bonchev–Trinajstić information content (AvgIpc) is 2.61. The molecule has 2 aromatic rings. The number of halogens is 1. The van der Waals surface area contributed by atoms with Crippen molar-refractivity contribution in [2.75, 3.05) is 0 Å². The van der Waals surface area contributed by atoms with E-state index in [2.05, 4.69) is 4.98 Å². The molecule has 0 unspecified atom stereocenters. The molecule has 1 heterocycles. The Balaban J connectivity index is 2.38. The molecule has 0 aliphatic carbocycles. The second-order valence-corrected chi connectivity index (χ2v) is 3.92. The Hall–Kier alpha value is -1.84. The molecule has 1 aromatic carbocycles. The van der Waals surface area contributed by atoms with E-state index in [-0.39, 0.29) is 17.7 Å². The highest BCUT2D eigenvalue weighted by atomic mass is 19.1. The van der Waals surface area contributed by atoms with Crippen molar-refractivity contribution in [3.63, 3.8) is 0 Å². The molecule has 1 aromatic heterocycles. The Morgan fingerprint density at radius 3 is 2.88 bits per heavy atom. The molecule has 0 aliphatic rings. The topological polar surface area (TPSA) is 42.1 Å². The van der Waals surface area contributed by atoms with Crippen molar-refractivity contribution in [2.24, 2.45) is 5.92 Å². The molecule has 2 rings (SSSR count). The van der Waals surface area contributed by atoms with Crippen molar-refractivity contribution >= 4 is 16.9 Å². The molecule has 0 fully saturated rings. The van der Waals surface area contributed by atoms with Gasteiger partial charge in [-0.2, -0.15) is 0 Å². The molecule has 1 N–H and O–H groups in total. The van der Waals surface area contributed by atoms with Crippen LogP contribution < -0.4 is 4.74 Å². The van der Waals surface area contributed by atoms with Crippen LogP contribution in [0.2, 0.25) is 0 Å². The summed E-state index contributed by atoms with van der Waals surface area (Å²) >= 11 is 0. The van der Waals surface area contributed by atoms with Crippen LogP contribution in [0.15, 0.2) is 24.4 Å². The lowest BCUT2D eigenvalue weighted by Gasteiger charge is -2.04. The standard InChI is InChI=1S/C12H12FNO2/c1-7(2)12(15)16-11-6-14-10-4-3-8(13)5-9(10)11/h3-7,14H,1-2H3. The van der Waals surface area contributed by atoms with Gasteiger partial charge in [0, 0.05) is 17.1 Å². The predicted molar refractivity (Wildman–Crippen MR) is 58.7 cm³/mol. The number of H-pyrrole nitrogens is 1. The SMILES string of the molecule is CC(C)C(=O)Oc1c[nH]c2ccc(F)cc12. The zero-order valence-electron chi connectivity index (χ0n) is 9.08. The highest BCUT2D eigenvalue weighted by molar-refractivity contribution is 5.89. The van der Waals surface area contributed by atoms with Gasteiger partial charge in [-0.25, -0.2) is 4.39 Å². The van der Waals surface area contributed by atoms with E-state index in [0.717, 1.165) is 5.52 Å².